The van der Waals surface area contributed by atoms with Gasteiger partial charge in [0.15, 0.2) is 18.2 Å². The number of likely N-dealkylation sites (tertiary alicyclic amines) is 1. The molecule has 1 atom stereocenters. The summed E-state index contributed by atoms with van der Waals surface area (Å²) in [4.78, 5) is 14.6. The quantitative estimate of drug-likeness (QED) is 0.737. The molecule has 1 aliphatic rings. The standard InChI is InChI=1S/C20H22BrFN2O2/c21-16-8-9-19(17(22)12-16)26-14-20(25)23-13-18(24-10-4-5-11-24)15-6-2-1-3-7-15/h1-3,6-9,12,18H,4-5,10-11,13-14H2,(H,23,25). The molecule has 0 spiro atoms. The molecule has 1 N–H and O–H groups in total. The Morgan fingerprint density at radius 1 is 1.19 bits per heavy atom. The van der Waals surface area contributed by atoms with E-state index in [9.17, 15) is 9.18 Å². The molecule has 2 aromatic carbocycles. The van der Waals surface area contributed by atoms with E-state index < -0.39 is 5.82 Å². The molecule has 0 saturated carbocycles. The number of ether oxygens (including phenoxy) is 1. The summed E-state index contributed by atoms with van der Waals surface area (Å²) >= 11 is 3.19. The van der Waals surface area contributed by atoms with E-state index in [-0.39, 0.29) is 24.3 Å². The van der Waals surface area contributed by atoms with Crippen LogP contribution in [-0.4, -0.2) is 37.0 Å². The van der Waals surface area contributed by atoms with Crippen LogP contribution in [0.15, 0.2) is 53.0 Å². The van der Waals surface area contributed by atoms with Crippen molar-refractivity contribution < 1.29 is 13.9 Å². The minimum absolute atomic E-state index is 0.0718. The summed E-state index contributed by atoms with van der Waals surface area (Å²) in [5.74, 6) is -0.679. The van der Waals surface area contributed by atoms with Crippen molar-refractivity contribution in [2.24, 2.45) is 0 Å². The Bertz CT molecular complexity index is 736. The summed E-state index contributed by atoms with van der Waals surface area (Å²) in [6.45, 7) is 2.38. The van der Waals surface area contributed by atoms with Gasteiger partial charge in [-0.3, -0.25) is 9.69 Å². The molecule has 26 heavy (non-hydrogen) atoms. The van der Waals surface area contributed by atoms with Gasteiger partial charge in [0.05, 0.1) is 6.04 Å². The van der Waals surface area contributed by atoms with Crippen molar-refractivity contribution in [2.45, 2.75) is 18.9 Å². The van der Waals surface area contributed by atoms with Gasteiger partial charge in [-0.1, -0.05) is 46.3 Å². The zero-order valence-corrected chi connectivity index (χ0v) is 16.0. The fourth-order valence-corrected chi connectivity index (χ4v) is 3.52. The van der Waals surface area contributed by atoms with Crippen LogP contribution < -0.4 is 10.1 Å². The Morgan fingerprint density at radius 2 is 1.92 bits per heavy atom. The second-order valence-corrected chi connectivity index (χ2v) is 7.25. The van der Waals surface area contributed by atoms with Crippen LogP contribution in [0.2, 0.25) is 0 Å². The maximum Gasteiger partial charge on any atom is 0.258 e. The van der Waals surface area contributed by atoms with Gasteiger partial charge in [0.1, 0.15) is 0 Å². The van der Waals surface area contributed by atoms with Crippen molar-refractivity contribution in [1.82, 2.24) is 10.2 Å². The number of rotatable bonds is 7. The lowest BCUT2D eigenvalue weighted by atomic mass is 10.1. The fraction of sp³-hybridized carbons (Fsp3) is 0.350. The molecule has 1 aliphatic heterocycles. The highest BCUT2D eigenvalue weighted by Gasteiger charge is 2.23. The molecule has 1 fully saturated rings. The molecule has 0 aromatic heterocycles. The van der Waals surface area contributed by atoms with Gasteiger partial charge >= 0.3 is 0 Å². The number of nitrogens with one attached hydrogen (secondary N) is 1. The first-order valence-electron chi connectivity index (χ1n) is 8.77. The third-order valence-electron chi connectivity index (χ3n) is 4.51. The Hall–Kier alpha value is -1.92. The maximum atomic E-state index is 13.7. The van der Waals surface area contributed by atoms with Gasteiger partial charge in [0.2, 0.25) is 0 Å². The van der Waals surface area contributed by atoms with E-state index in [0.717, 1.165) is 13.1 Å². The van der Waals surface area contributed by atoms with E-state index in [1.165, 1.54) is 30.5 Å². The van der Waals surface area contributed by atoms with Crippen LogP contribution in [0.1, 0.15) is 24.4 Å². The summed E-state index contributed by atoms with van der Waals surface area (Å²) in [7, 11) is 0. The largest absolute Gasteiger partial charge is 0.481 e. The lowest BCUT2D eigenvalue weighted by molar-refractivity contribution is -0.123. The summed E-state index contributed by atoms with van der Waals surface area (Å²) < 4.78 is 19.7. The Labute approximate surface area is 161 Å². The number of benzene rings is 2. The van der Waals surface area contributed by atoms with E-state index in [1.807, 2.05) is 18.2 Å². The highest BCUT2D eigenvalue weighted by Crippen LogP contribution is 2.24. The molecule has 1 saturated heterocycles. The number of carbonyl (C=O) groups excluding carboxylic acids is 1. The molecule has 1 unspecified atom stereocenters. The summed E-state index contributed by atoms with van der Waals surface area (Å²) in [6.07, 6.45) is 2.37. The van der Waals surface area contributed by atoms with Crippen molar-refractivity contribution in [1.29, 1.82) is 0 Å². The lowest BCUT2D eigenvalue weighted by Crippen LogP contribution is -2.38. The molecule has 0 bridgehead atoms. The van der Waals surface area contributed by atoms with Crippen molar-refractivity contribution in [3.05, 3.63) is 64.4 Å². The van der Waals surface area contributed by atoms with Crippen LogP contribution >= 0.6 is 15.9 Å². The third kappa shape index (κ3) is 5.05. The Balaban J connectivity index is 1.55. The Morgan fingerprint density at radius 3 is 2.62 bits per heavy atom. The van der Waals surface area contributed by atoms with E-state index in [2.05, 4.69) is 38.3 Å². The van der Waals surface area contributed by atoms with Gasteiger partial charge in [-0.2, -0.15) is 0 Å². The van der Waals surface area contributed by atoms with Gasteiger partial charge in [-0.25, -0.2) is 4.39 Å². The van der Waals surface area contributed by atoms with E-state index in [0.29, 0.717) is 11.0 Å². The monoisotopic (exact) mass is 420 g/mol. The van der Waals surface area contributed by atoms with Crippen LogP contribution in [0, 0.1) is 5.82 Å². The van der Waals surface area contributed by atoms with E-state index in [4.69, 9.17) is 4.74 Å². The normalized spacial score (nSPS) is 15.6. The second kappa shape index (κ2) is 9.14. The Kier molecular flexibility index (Phi) is 6.63. The SMILES string of the molecule is O=C(COc1ccc(Br)cc1F)NCC(c1ccccc1)N1CCCC1. The molecular formula is C20H22BrFN2O2. The highest BCUT2D eigenvalue weighted by atomic mass is 79.9. The van der Waals surface area contributed by atoms with Crippen LogP contribution in [0.25, 0.3) is 0 Å². The third-order valence-corrected chi connectivity index (χ3v) is 5.00. The van der Waals surface area contributed by atoms with Crippen LogP contribution in [0.5, 0.6) is 5.75 Å². The van der Waals surface area contributed by atoms with Gasteiger partial charge in [-0.15, -0.1) is 0 Å². The molecule has 0 radical (unpaired) electrons. The molecule has 4 nitrogen and oxygen atoms in total. The molecular weight excluding hydrogens is 399 g/mol. The zero-order valence-electron chi connectivity index (χ0n) is 14.5. The molecule has 2 aromatic rings. The van der Waals surface area contributed by atoms with Crippen molar-refractivity contribution in [3.8, 4) is 5.75 Å². The van der Waals surface area contributed by atoms with Crippen molar-refractivity contribution in [2.75, 3.05) is 26.2 Å². The van der Waals surface area contributed by atoms with E-state index >= 15 is 0 Å². The van der Waals surface area contributed by atoms with Crippen molar-refractivity contribution >= 4 is 21.8 Å². The second-order valence-electron chi connectivity index (χ2n) is 6.34. The first-order chi connectivity index (χ1) is 12.6. The number of hydrogen-bond acceptors (Lipinski definition) is 3. The molecule has 3 rings (SSSR count). The summed E-state index contributed by atoms with van der Waals surface area (Å²) in [5, 5.41) is 2.92. The topological polar surface area (TPSA) is 41.6 Å². The predicted molar refractivity (Wildman–Crippen MR) is 103 cm³/mol. The smallest absolute Gasteiger partial charge is 0.258 e. The number of nitrogens with zero attached hydrogens (tertiary/aromatic N) is 1. The predicted octanol–water partition coefficient (Wildman–Crippen LogP) is 3.92. The fourth-order valence-electron chi connectivity index (χ4n) is 3.18. The first-order valence-corrected chi connectivity index (χ1v) is 9.56. The van der Waals surface area contributed by atoms with Gasteiger partial charge < -0.3 is 10.1 Å². The molecule has 0 aliphatic carbocycles. The van der Waals surface area contributed by atoms with Crippen LogP contribution in [0.3, 0.4) is 0 Å². The van der Waals surface area contributed by atoms with Crippen LogP contribution in [-0.2, 0) is 4.79 Å². The molecule has 1 heterocycles. The zero-order chi connectivity index (χ0) is 18.4. The summed E-state index contributed by atoms with van der Waals surface area (Å²) in [6, 6.07) is 14.8. The molecule has 138 valence electrons. The maximum absolute atomic E-state index is 13.7. The number of hydrogen-bond donors (Lipinski definition) is 1. The van der Waals surface area contributed by atoms with Crippen molar-refractivity contribution in [3.63, 3.8) is 0 Å². The van der Waals surface area contributed by atoms with Gasteiger partial charge in [0, 0.05) is 11.0 Å². The first kappa shape index (κ1) is 18.9. The molecule has 1 amide bonds. The number of carbonyl (C=O) groups is 1. The number of halogens is 2. The van der Waals surface area contributed by atoms with Crippen LogP contribution in [0.4, 0.5) is 4.39 Å². The average molecular weight is 421 g/mol. The molecule has 6 heteroatoms. The van der Waals surface area contributed by atoms with Gasteiger partial charge in [0.25, 0.3) is 5.91 Å². The number of amides is 1. The average Bonchev–Trinajstić information content (AvgIpc) is 3.16. The minimum atomic E-state index is -0.494. The van der Waals surface area contributed by atoms with Gasteiger partial charge in [-0.05, 0) is 49.7 Å². The highest BCUT2D eigenvalue weighted by molar-refractivity contribution is 9.10. The lowest BCUT2D eigenvalue weighted by Gasteiger charge is -2.28. The van der Waals surface area contributed by atoms with E-state index in [1.54, 1.807) is 6.07 Å². The summed E-state index contributed by atoms with van der Waals surface area (Å²) in [5.41, 5.74) is 1.19. The minimum Gasteiger partial charge on any atom is -0.481 e.